The molecule has 1 saturated heterocycles. The maximum atomic E-state index is 14.3. The average molecular weight is 277 g/mol. The lowest BCUT2D eigenvalue weighted by Crippen LogP contribution is -2.47. The summed E-state index contributed by atoms with van der Waals surface area (Å²) in [4.78, 5) is 4.77. The Morgan fingerprint density at radius 1 is 1.20 bits per heavy atom. The van der Waals surface area contributed by atoms with Crippen LogP contribution in [0.3, 0.4) is 0 Å². The van der Waals surface area contributed by atoms with Crippen LogP contribution in [-0.2, 0) is 0 Å². The van der Waals surface area contributed by atoms with Crippen molar-refractivity contribution in [1.82, 2.24) is 10.2 Å². The quantitative estimate of drug-likeness (QED) is 0.911. The Kier molecular flexibility index (Phi) is 3.94. The van der Waals surface area contributed by atoms with Gasteiger partial charge < -0.3 is 10.2 Å². The number of rotatable bonds is 4. The van der Waals surface area contributed by atoms with Crippen molar-refractivity contribution in [2.24, 2.45) is 0 Å². The lowest BCUT2D eigenvalue weighted by molar-refractivity contribution is 0.247. The molecule has 1 aromatic carbocycles. The van der Waals surface area contributed by atoms with E-state index in [2.05, 4.69) is 22.0 Å². The number of anilines is 1. The van der Waals surface area contributed by atoms with Gasteiger partial charge >= 0.3 is 0 Å². The van der Waals surface area contributed by atoms with Crippen LogP contribution in [0, 0.1) is 5.82 Å². The van der Waals surface area contributed by atoms with E-state index in [9.17, 15) is 4.39 Å². The van der Waals surface area contributed by atoms with Crippen molar-refractivity contribution >= 4 is 5.69 Å². The molecule has 3 rings (SSSR count). The van der Waals surface area contributed by atoms with E-state index in [0.717, 1.165) is 43.5 Å². The van der Waals surface area contributed by atoms with E-state index >= 15 is 0 Å². The molecular weight excluding hydrogens is 253 g/mol. The molecule has 20 heavy (non-hydrogen) atoms. The van der Waals surface area contributed by atoms with Crippen molar-refractivity contribution in [3.05, 3.63) is 29.6 Å². The van der Waals surface area contributed by atoms with E-state index < -0.39 is 0 Å². The Morgan fingerprint density at radius 2 is 1.90 bits per heavy atom. The Balaban J connectivity index is 1.79. The molecule has 0 radical (unpaired) electrons. The second-order valence-corrected chi connectivity index (χ2v) is 5.94. The van der Waals surface area contributed by atoms with E-state index in [1.165, 1.54) is 12.8 Å². The first-order valence-electron chi connectivity index (χ1n) is 7.65. The molecule has 0 bridgehead atoms. The molecule has 2 aliphatic rings. The van der Waals surface area contributed by atoms with Crippen molar-refractivity contribution < 1.29 is 4.39 Å². The molecule has 0 aromatic heterocycles. The van der Waals surface area contributed by atoms with Gasteiger partial charge in [-0.1, -0.05) is 12.1 Å². The average Bonchev–Trinajstić information content (AvgIpc) is 3.31. The fourth-order valence-electron chi connectivity index (χ4n) is 3.12. The van der Waals surface area contributed by atoms with Crippen LogP contribution >= 0.6 is 0 Å². The van der Waals surface area contributed by atoms with E-state index in [1.807, 2.05) is 19.2 Å². The zero-order valence-electron chi connectivity index (χ0n) is 12.4. The number of piperazine rings is 1. The van der Waals surface area contributed by atoms with Gasteiger partial charge in [0.1, 0.15) is 5.82 Å². The summed E-state index contributed by atoms with van der Waals surface area (Å²) in [6, 6.07) is 6.40. The molecule has 4 heteroatoms. The normalized spacial score (nSPS) is 22.1. The second kappa shape index (κ2) is 5.70. The highest BCUT2D eigenvalue weighted by Crippen LogP contribution is 2.32. The van der Waals surface area contributed by atoms with Gasteiger partial charge in [-0.2, -0.15) is 0 Å². The SMILES string of the molecule is CNC(C)c1cccc(F)c1N1CCN(C2CC2)CC1. The Morgan fingerprint density at radius 3 is 2.50 bits per heavy atom. The third-order valence-corrected chi connectivity index (χ3v) is 4.61. The molecule has 1 saturated carbocycles. The zero-order chi connectivity index (χ0) is 14.1. The summed E-state index contributed by atoms with van der Waals surface area (Å²) in [5, 5.41) is 3.22. The van der Waals surface area contributed by atoms with Gasteiger partial charge in [-0.3, -0.25) is 4.90 Å². The van der Waals surface area contributed by atoms with Gasteiger partial charge in [-0.25, -0.2) is 4.39 Å². The van der Waals surface area contributed by atoms with E-state index in [0.29, 0.717) is 0 Å². The van der Waals surface area contributed by atoms with Crippen LogP contribution in [0.4, 0.5) is 10.1 Å². The smallest absolute Gasteiger partial charge is 0.146 e. The molecule has 1 unspecified atom stereocenters. The van der Waals surface area contributed by atoms with E-state index in [-0.39, 0.29) is 11.9 Å². The maximum absolute atomic E-state index is 14.3. The topological polar surface area (TPSA) is 18.5 Å². The summed E-state index contributed by atoms with van der Waals surface area (Å²) < 4.78 is 14.3. The summed E-state index contributed by atoms with van der Waals surface area (Å²) in [6.45, 7) is 6.07. The molecule has 1 aliphatic carbocycles. The third-order valence-electron chi connectivity index (χ3n) is 4.61. The number of nitrogens with one attached hydrogen (secondary N) is 1. The summed E-state index contributed by atoms with van der Waals surface area (Å²) >= 11 is 0. The van der Waals surface area contributed by atoms with Crippen LogP contribution in [0.5, 0.6) is 0 Å². The van der Waals surface area contributed by atoms with Crippen LogP contribution in [-0.4, -0.2) is 44.2 Å². The fraction of sp³-hybridized carbons (Fsp3) is 0.625. The molecule has 1 aromatic rings. The van der Waals surface area contributed by atoms with E-state index in [4.69, 9.17) is 0 Å². The zero-order valence-corrected chi connectivity index (χ0v) is 12.4. The lowest BCUT2D eigenvalue weighted by atomic mass is 10.0. The number of para-hydroxylation sites is 1. The number of nitrogens with zero attached hydrogens (tertiary/aromatic N) is 2. The highest BCUT2D eigenvalue weighted by Gasteiger charge is 2.32. The van der Waals surface area contributed by atoms with Crippen LogP contribution in [0.1, 0.15) is 31.4 Å². The van der Waals surface area contributed by atoms with Crippen molar-refractivity contribution in [3.63, 3.8) is 0 Å². The molecule has 1 heterocycles. The van der Waals surface area contributed by atoms with Gasteiger partial charge in [0, 0.05) is 38.3 Å². The van der Waals surface area contributed by atoms with Gasteiger partial charge in [0.2, 0.25) is 0 Å². The Labute approximate surface area is 120 Å². The summed E-state index contributed by atoms with van der Waals surface area (Å²) in [7, 11) is 1.92. The standard InChI is InChI=1S/C16H24FN3/c1-12(18-2)14-4-3-5-15(17)16(14)20-10-8-19(9-11-20)13-6-7-13/h3-5,12-13,18H,6-11H2,1-2H3. The monoisotopic (exact) mass is 277 g/mol. The molecule has 2 fully saturated rings. The van der Waals surface area contributed by atoms with Crippen molar-refractivity contribution in [1.29, 1.82) is 0 Å². The minimum Gasteiger partial charge on any atom is -0.366 e. The minimum atomic E-state index is -0.0931. The highest BCUT2D eigenvalue weighted by molar-refractivity contribution is 5.56. The Hall–Kier alpha value is -1.13. The minimum absolute atomic E-state index is 0.0931. The maximum Gasteiger partial charge on any atom is 0.146 e. The fourth-order valence-corrected chi connectivity index (χ4v) is 3.12. The number of benzene rings is 1. The molecule has 1 aliphatic heterocycles. The molecule has 1 N–H and O–H groups in total. The molecule has 1 atom stereocenters. The molecule has 110 valence electrons. The highest BCUT2D eigenvalue weighted by atomic mass is 19.1. The first kappa shape index (κ1) is 13.8. The van der Waals surface area contributed by atoms with Gasteiger partial charge in [0.05, 0.1) is 5.69 Å². The van der Waals surface area contributed by atoms with Gasteiger partial charge in [0.25, 0.3) is 0 Å². The third kappa shape index (κ3) is 2.67. The van der Waals surface area contributed by atoms with Crippen molar-refractivity contribution in [2.45, 2.75) is 31.8 Å². The first-order valence-corrected chi connectivity index (χ1v) is 7.65. The van der Waals surface area contributed by atoms with E-state index in [1.54, 1.807) is 6.07 Å². The first-order chi connectivity index (χ1) is 9.70. The predicted octanol–water partition coefficient (Wildman–Crippen LogP) is 2.39. The molecule has 3 nitrogen and oxygen atoms in total. The summed E-state index contributed by atoms with van der Waals surface area (Å²) in [6.07, 6.45) is 2.70. The van der Waals surface area contributed by atoms with Crippen molar-refractivity contribution in [2.75, 3.05) is 38.1 Å². The van der Waals surface area contributed by atoms with Crippen LogP contribution < -0.4 is 10.2 Å². The lowest BCUT2D eigenvalue weighted by Gasteiger charge is -2.37. The summed E-state index contributed by atoms with van der Waals surface area (Å²) in [5.74, 6) is -0.0931. The number of hydrogen-bond acceptors (Lipinski definition) is 3. The van der Waals surface area contributed by atoms with Gasteiger partial charge in [-0.15, -0.1) is 0 Å². The number of hydrogen-bond donors (Lipinski definition) is 1. The predicted molar refractivity (Wildman–Crippen MR) is 80.7 cm³/mol. The van der Waals surface area contributed by atoms with Crippen molar-refractivity contribution in [3.8, 4) is 0 Å². The molecule has 0 spiro atoms. The summed E-state index contributed by atoms with van der Waals surface area (Å²) in [5.41, 5.74) is 1.86. The van der Waals surface area contributed by atoms with Crippen LogP contribution in [0.25, 0.3) is 0 Å². The van der Waals surface area contributed by atoms with Gasteiger partial charge in [0.15, 0.2) is 0 Å². The Bertz CT molecular complexity index is 465. The van der Waals surface area contributed by atoms with Gasteiger partial charge in [-0.05, 0) is 38.4 Å². The molecular formula is C16H24FN3. The largest absolute Gasteiger partial charge is 0.366 e. The second-order valence-electron chi connectivity index (χ2n) is 5.94. The van der Waals surface area contributed by atoms with Crippen LogP contribution in [0.15, 0.2) is 18.2 Å². The number of halogens is 1. The molecule has 0 amide bonds. The van der Waals surface area contributed by atoms with Crippen LogP contribution in [0.2, 0.25) is 0 Å².